The summed E-state index contributed by atoms with van der Waals surface area (Å²) in [5.41, 5.74) is 2.87. The Morgan fingerprint density at radius 3 is 2.59 bits per heavy atom. The van der Waals surface area contributed by atoms with Crippen molar-refractivity contribution in [3.63, 3.8) is 0 Å². The van der Waals surface area contributed by atoms with Gasteiger partial charge in [0.05, 0.1) is 19.9 Å². The van der Waals surface area contributed by atoms with E-state index in [1.54, 1.807) is 50.7 Å². The van der Waals surface area contributed by atoms with Gasteiger partial charge in [-0.05, 0) is 48.9 Å². The van der Waals surface area contributed by atoms with Crippen LogP contribution < -0.4 is 20.3 Å². The molecular weight excluding hydrogens is 432 g/mol. The minimum absolute atomic E-state index is 0.141. The minimum atomic E-state index is -0.332. The van der Waals surface area contributed by atoms with Gasteiger partial charge in [-0.1, -0.05) is 17.7 Å². The lowest BCUT2D eigenvalue weighted by molar-refractivity contribution is -0.116. The smallest absolute Gasteiger partial charge is 0.277 e. The van der Waals surface area contributed by atoms with Crippen LogP contribution in [0.5, 0.6) is 11.5 Å². The standard InChI is InChI=1S/C23H21ClN4O4/c1-14-4-6-16(24)11-17(14)25-22(29)13-27-8-9-28-19(23(27)30)12-18(26-28)15-5-7-20(31-2)21(10-15)32-3/h4-12H,13H2,1-3H3,(H,25,29). The number of amides is 1. The molecule has 0 aliphatic heterocycles. The summed E-state index contributed by atoms with van der Waals surface area (Å²) in [5, 5.41) is 7.79. The predicted octanol–water partition coefficient (Wildman–Crippen LogP) is 3.78. The van der Waals surface area contributed by atoms with Crippen LogP contribution in [-0.4, -0.2) is 34.3 Å². The Morgan fingerprint density at radius 1 is 1.06 bits per heavy atom. The lowest BCUT2D eigenvalue weighted by Crippen LogP contribution is -2.28. The van der Waals surface area contributed by atoms with E-state index in [0.717, 1.165) is 11.1 Å². The lowest BCUT2D eigenvalue weighted by atomic mass is 10.1. The third kappa shape index (κ3) is 4.17. The zero-order valence-electron chi connectivity index (χ0n) is 17.8. The van der Waals surface area contributed by atoms with Crippen LogP contribution in [0.2, 0.25) is 5.02 Å². The van der Waals surface area contributed by atoms with E-state index in [-0.39, 0.29) is 18.0 Å². The molecule has 0 bridgehead atoms. The van der Waals surface area contributed by atoms with Crippen LogP contribution >= 0.6 is 11.6 Å². The molecule has 0 fully saturated rings. The number of carbonyl (C=O) groups is 1. The summed E-state index contributed by atoms with van der Waals surface area (Å²) < 4.78 is 13.4. The van der Waals surface area contributed by atoms with E-state index in [0.29, 0.717) is 33.4 Å². The van der Waals surface area contributed by atoms with E-state index in [1.165, 1.54) is 15.3 Å². The van der Waals surface area contributed by atoms with Gasteiger partial charge in [0, 0.05) is 28.7 Å². The van der Waals surface area contributed by atoms with Crippen LogP contribution in [-0.2, 0) is 11.3 Å². The highest BCUT2D eigenvalue weighted by Gasteiger charge is 2.14. The van der Waals surface area contributed by atoms with E-state index in [9.17, 15) is 9.59 Å². The third-order valence-corrected chi connectivity index (χ3v) is 5.31. The fourth-order valence-electron chi connectivity index (χ4n) is 3.36. The van der Waals surface area contributed by atoms with Crippen molar-refractivity contribution in [2.24, 2.45) is 0 Å². The van der Waals surface area contributed by atoms with Gasteiger partial charge >= 0.3 is 0 Å². The summed E-state index contributed by atoms with van der Waals surface area (Å²) in [4.78, 5) is 25.5. The molecule has 164 valence electrons. The summed E-state index contributed by atoms with van der Waals surface area (Å²) in [6.45, 7) is 1.73. The Bertz CT molecular complexity index is 1380. The number of ether oxygens (including phenoxy) is 2. The van der Waals surface area contributed by atoms with Crippen molar-refractivity contribution in [1.29, 1.82) is 0 Å². The maximum absolute atomic E-state index is 13.0. The quantitative estimate of drug-likeness (QED) is 0.481. The van der Waals surface area contributed by atoms with Gasteiger partial charge in [-0.2, -0.15) is 5.10 Å². The van der Waals surface area contributed by atoms with Crippen molar-refractivity contribution in [1.82, 2.24) is 14.2 Å². The monoisotopic (exact) mass is 452 g/mol. The number of aryl methyl sites for hydroxylation is 1. The molecule has 1 amide bonds. The lowest BCUT2D eigenvalue weighted by Gasteiger charge is -2.10. The number of nitrogens with zero attached hydrogens (tertiary/aromatic N) is 3. The van der Waals surface area contributed by atoms with Crippen LogP contribution in [0.15, 0.2) is 59.7 Å². The van der Waals surface area contributed by atoms with Crippen molar-refractivity contribution >= 4 is 28.7 Å². The van der Waals surface area contributed by atoms with E-state index in [2.05, 4.69) is 10.4 Å². The topological polar surface area (TPSA) is 86.9 Å². The molecule has 32 heavy (non-hydrogen) atoms. The Hall–Kier alpha value is -3.78. The molecule has 9 heteroatoms. The van der Waals surface area contributed by atoms with Crippen LogP contribution in [0.1, 0.15) is 5.56 Å². The van der Waals surface area contributed by atoms with Gasteiger partial charge in [0.25, 0.3) is 5.56 Å². The average Bonchev–Trinajstić information content (AvgIpc) is 3.23. The number of benzene rings is 2. The van der Waals surface area contributed by atoms with Crippen LogP contribution in [0.25, 0.3) is 16.8 Å². The zero-order chi connectivity index (χ0) is 22.8. The number of nitrogens with one attached hydrogen (secondary N) is 1. The van der Waals surface area contributed by atoms with Gasteiger partial charge in [0.15, 0.2) is 11.5 Å². The third-order valence-electron chi connectivity index (χ3n) is 5.07. The van der Waals surface area contributed by atoms with Crippen molar-refractivity contribution < 1.29 is 14.3 Å². The van der Waals surface area contributed by atoms with E-state index in [1.807, 2.05) is 19.1 Å². The molecule has 2 aromatic carbocycles. The maximum atomic E-state index is 13.0. The number of halogens is 1. The number of hydrogen-bond donors (Lipinski definition) is 1. The van der Waals surface area contributed by atoms with Gasteiger partial charge in [-0.3, -0.25) is 9.59 Å². The van der Waals surface area contributed by atoms with Crippen molar-refractivity contribution in [3.05, 3.63) is 75.8 Å². The second-order valence-electron chi connectivity index (χ2n) is 7.17. The molecule has 0 saturated carbocycles. The molecule has 1 N–H and O–H groups in total. The maximum Gasteiger partial charge on any atom is 0.277 e. The molecule has 4 rings (SSSR count). The molecule has 0 radical (unpaired) electrons. The summed E-state index contributed by atoms with van der Waals surface area (Å²) in [6.07, 6.45) is 3.17. The second-order valence-corrected chi connectivity index (χ2v) is 7.60. The summed E-state index contributed by atoms with van der Waals surface area (Å²) in [6, 6.07) is 12.3. The summed E-state index contributed by atoms with van der Waals surface area (Å²) >= 11 is 6.01. The number of methoxy groups -OCH3 is 2. The highest BCUT2D eigenvalue weighted by atomic mass is 35.5. The fraction of sp³-hybridized carbons (Fsp3) is 0.174. The Morgan fingerprint density at radius 2 is 1.84 bits per heavy atom. The largest absolute Gasteiger partial charge is 0.493 e. The summed E-state index contributed by atoms with van der Waals surface area (Å²) in [7, 11) is 3.12. The number of anilines is 1. The second kappa shape index (κ2) is 8.76. The Kier molecular flexibility index (Phi) is 5.87. The van der Waals surface area contributed by atoms with E-state index < -0.39 is 0 Å². The number of rotatable bonds is 6. The molecule has 4 aromatic rings. The minimum Gasteiger partial charge on any atom is -0.493 e. The number of hydrogen-bond acceptors (Lipinski definition) is 5. The first-order valence-electron chi connectivity index (χ1n) is 9.77. The SMILES string of the molecule is COc1ccc(-c2cc3c(=O)n(CC(=O)Nc4cc(Cl)ccc4C)ccn3n2)cc1OC. The van der Waals surface area contributed by atoms with Crippen LogP contribution in [0.4, 0.5) is 5.69 Å². The zero-order valence-corrected chi connectivity index (χ0v) is 18.5. The van der Waals surface area contributed by atoms with Gasteiger partial charge in [-0.15, -0.1) is 0 Å². The normalized spacial score (nSPS) is 10.9. The van der Waals surface area contributed by atoms with E-state index >= 15 is 0 Å². The van der Waals surface area contributed by atoms with Crippen LogP contribution in [0.3, 0.4) is 0 Å². The first-order chi connectivity index (χ1) is 15.4. The Balaban J connectivity index is 1.61. The first kappa shape index (κ1) is 21.5. The fourth-order valence-corrected chi connectivity index (χ4v) is 3.53. The van der Waals surface area contributed by atoms with Gasteiger partial charge in [-0.25, -0.2) is 4.52 Å². The molecule has 0 atom stereocenters. The molecule has 8 nitrogen and oxygen atoms in total. The molecule has 2 aromatic heterocycles. The van der Waals surface area contributed by atoms with Crippen LogP contribution in [0, 0.1) is 6.92 Å². The first-order valence-corrected chi connectivity index (χ1v) is 10.1. The molecule has 0 unspecified atom stereocenters. The average molecular weight is 453 g/mol. The van der Waals surface area contributed by atoms with Crippen molar-refractivity contribution in [2.45, 2.75) is 13.5 Å². The summed E-state index contributed by atoms with van der Waals surface area (Å²) in [5.74, 6) is 0.831. The highest BCUT2D eigenvalue weighted by Crippen LogP contribution is 2.31. The van der Waals surface area contributed by atoms with Gasteiger partial charge in [0.2, 0.25) is 5.91 Å². The number of aromatic nitrogens is 3. The molecule has 2 heterocycles. The number of carbonyl (C=O) groups excluding carboxylic acids is 1. The molecule has 0 aliphatic carbocycles. The number of fused-ring (bicyclic) bond motifs is 1. The van der Waals surface area contributed by atoms with Crippen molar-refractivity contribution in [3.8, 4) is 22.8 Å². The van der Waals surface area contributed by atoms with Gasteiger partial charge < -0.3 is 19.4 Å². The van der Waals surface area contributed by atoms with E-state index in [4.69, 9.17) is 21.1 Å². The Labute approximate surface area is 189 Å². The highest BCUT2D eigenvalue weighted by molar-refractivity contribution is 6.31. The predicted molar refractivity (Wildman–Crippen MR) is 123 cm³/mol. The molecule has 0 spiro atoms. The molecule has 0 aliphatic rings. The molecule has 0 saturated heterocycles. The van der Waals surface area contributed by atoms with Gasteiger partial charge in [0.1, 0.15) is 12.1 Å². The van der Waals surface area contributed by atoms with Crippen molar-refractivity contribution in [2.75, 3.05) is 19.5 Å². The molecular formula is C23H21ClN4O4.